The van der Waals surface area contributed by atoms with Crippen LogP contribution in [0.3, 0.4) is 0 Å². The van der Waals surface area contributed by atoms with Crippen molar-refractivity contribution in [3.8, 4) is 5.75 Å². The molecule has 0 N–H and O–H groups in total. The van der Waals surface area contributed by atoms with Crippen LogP contribution >= 0.6 is 11.3 Å². The van der Waals surface area contributed by atoms with Gasteiger partial charge in [0.25, 0.3) is 0 Å². The van der Waals surface area contributed by atoms with Crippen molar-refractivity contribution < 1.29 is 4.74 Å². The molecule has 0 aliphatic carbocycles. The number of thiazole rings is 1. The quantitative estimate of drug-likeness (QED) is 0.646. The zero-order chi connectivity index (χ0) is 7.68. The van der Waals surface area contributed by atoms with Crippen molar-refractivity contribution >= 4 is 21.6 Å². The molecule has 0 spiro atoms. The Labute approximate surface area is 68.5 Å². The van der Waals surface area contributed by atoms with Gasteiger partial charge in [0, 0.05) is 0 Å². The van der Waals surface area contributed by atoms with Gasteiger partial charge in [-0.25, -0.2) is 4.98 Å². The molecule has 0 saturated heterocycles. The Morgan fingerprint density at radius 3 is 3.18 bits per heavy atom. The summed E-state index contributed by atoms with van der Waals surface area (Å²) in [6, 6.07) is 5.87. The number of hydrogen-bond donors (Lipinski definition) is 0. The van der Waals surface area contributed by atoms with Gasteiger partial charge >= 0.3 is 0 Å². The van der Waals surface area contributed by atoms with Crippen molar-refractivity contribution in [1.82, 2.24) is 4.98 Å². The molecule has 0 saturated carbocycles. The highest BCUT2D eigenvalue weighted by atomic mass is 32.1. The molecule has 0 aliphatic rings. The highest BCUT2D eigenvalue weighted by molar-refractivity contribution is 7.17. The Hall–Kier alpha value is -1.09. The Kier molecular flexibility index (Phi) is 1.51. The van der Waals surface area contributed by atoms with Crippen LogP contribution in [-0.4, -0.2) is 12.1 Å². The fourth-order valence-electron chi connectivity index (χ4n) is 1.02. The predicted molar refractivity (Wildman–Crippen MR) is 46.2 cm³/mol. The fourth-order valence-corrected chi connectivity index (χ4v) is 1.80. The van der Waals surface area contributed by atoms with Gasteiger partial charge in [0.05, 0.1) is 22.8 Å². The lowest BCUT2D eigenvalue weighted by atomic mass is 10.3. The molecule has 2 rings (SSSR count). The topological polar surface area (TPSA) is 22.1 Å². The van der Waals surface area contributed by atoms with Crippen LogP contribution in [0.5, 0.6) is 5.75 Å². The van der Waals surface area contributed by atoms with Crippen molar-refractivity contribution in [2.24, 2.45) is 0 Å². The lowest BCUT2D eigenvalue weighted by Gasteiger charge is -1.97. The van der Waals surface area contributed by atoms with E-state index >= 15 is 0 Å². The zero-order valence-corrected chi connectivity index (χ0v) is 6.89. The van der Waals surface area contributed by atoms with Crippen LogP contribution in [0.15, 0.2) is 23.7 Å². The minimum atomic E-state index is 0.907. The number of nitrogens with zero attached hydrogens (tertiary/aromatic N) is 1. The zero-order valence-electron chi connectivity index (χ0n) is 6.07. The lowest BCUT2D eigenvalue weighted by molar-refractivity contribution is 0.420. The van der Waals surface area contributed by atoms with Crippen molar-refractivity contribution in [3.63, 3.8) is 0 Å². The molecule has 2 nitrogen and oxygen atoms in total. The molecule has 0 atom stereocenters. The van der Waals surface area contributed by atoms with E-state index in [4.69, 9.17) is 4.74 Å². The molecule has 11 heavy (non-hydrogen) atoms. The van der Waals surface area contributed by atoms with Crippen molar-refractivity contribution in [3.05, 3.63) is 23.7 Å². The Bertz CT molecular complexity index is 369. The van der Waals surface area contributed by atoms with E-state index in [1.807, 2.05) is 23.7 Å². The third-order valence-corrected chi connectivity index (χ3v) is 2.40. The number of benzene rings is 1. The number of hydrogen-bond acceptors (Lipinski definition) is 3. The molecule has 56 valence electrons. The Morgan fingerprint density at radius 2 is 2.36 bits per heavy atom. The third-order valence-electron chi connectivity index (χ3n) is 1.54. The molecular weight excluding hydrogens is 158 g/mol. The molecular formula is C8H7NOS. The molecule has 3 heteroatoms. The monoisotopic (exact) mass is 165 g/mol. The number of fused-ring (bicyclic) bond motifs is 1. The second kappa shape index (κ2) is 2.51. The summed E-state index contributed by atoms with van der Waals surface area (Å²) in [5, 5.41) is 0. The van der Waals surface area contributed by atoms with Crippen molar-refractivity contribution in [1.29, 1.82) is 0 Å². The van der Waals surface area contributed by atoms with Crippen LogP contribution in [0.25, 0.3) is 10.2 Å². The molecule has 0 fully saturated rings. The van der Waals surface area contributed by atoms with Crippen LogP contribution in [0.4, 0.5) is 0 Å². The van der Waals surface area contributed by atoms with Gasteiger partial charge in [-0.05, 0) is 12.1 Å². The average molecular weight is 165 g/mol. The van der Waals surface area contributed by atoms with E-state index in [1.165, 1.54) is 0 Å². The van der Waals surface area contributed by atoms with E-state index in [0.29, 0.717) is 0 Å². The molecule has 1 heterocycles. The fraction of sp³-hybridized carbons (Fsp3) is 0.125. The minimum Gasteiger partial charge on any atom is -0.495 e. The number of rotatable bonds is 1. The summed E-state index contributed by atoms with van der Waals surface area (Å²) >= 11 is 1.60. The summed E-state index contributed by atoms with van der Waals surface area (Å²) in [7, 11) is 1.68. The SMILES string of the molecule is COc1cccc2ncsc12. The number of ether oxygens (including phenoxy) is 1. The van der Waals surface area contributed by atoms with Gasteiger partial charge in [-0.15, -0.1) is 11.3 Å². The van der Waals surface area contributed by atoms with Crippen LogP contribution in [0.2, 0.25) is 0 Å². The second-order valence-corrected chi connectivity index (χ2v) is 3.02. The van der Waals surface area contributed by atoms with Gasteiger partial charge in [-0.2, -0.15) is 0 Å². The molecule has 0 bridgehead atoms. The summed E-state index contributed by atoms with van der Waals surface area (Å²) in [6.07, 6.45) is 0. The summed E-state index contributed by atoms with van der Waals surface area (Å²) in [5.74, 6) is 0.907. The predicted octanol–water partition coefficient (Wildman–Crippen LogP) is 2.30. The molecule has 2 aromatic rings. The van der Waals surface area contributed by atoms with E-state index in [0.717, 1.165) is 16.0 Å². The number of aromatic nitrogens is 1. The van der Waals surface area contributed by atoms with Crippen LogP contribution < -0.4 is 4.74 Å². The summed E-state index contributed by atoms with van der Waals surface area (Å²) in [6.45, 7) is 0. The maximum absolute atomic E-state index is 5.16. The highest BCUT2D eigenvalue weighted by Gasteiger charge is 2.00. The lowest BCUT2D eigenvalue weighted by Crippen LogP contribution is -1.80. The van der Waals surface area contributed by atoms with E-state index in [-0.39, 0.29) is 0 Å². The van der Waals surface area contributed by atoms with Gasteiger partial charge < -0.3 is 4.74 Å². The van der Waals surface area contributed by atoms with Gasteiger partial charge in [0.15, 0.2) is 0 Å². The van der Waals surface area contributed by atoms with Gasteiger partial charge in [-0.3, -0.25) is 0 Å². The maximum atomic E-state index is 5.16. The van der Waals surface area contributed by atoms with E-state index < -0.39 is 0 Å². The first-order valence-corrected chi connectivity index (χ1v) is 4.16. The van der Waals surface area contributed by atoms with Gasteiger partial charge in [0.2, 0.25) is 0 Å². The van der Waals surface area contributed by atoms with Crippen molar-refractivity contribution in [2.45, 2.75) is 0 Å². The normalized spacial score (nSPS) is 10.3. The summed E-state index contributed by atoms with van der Waals surface area (Å²) in [4.78, 5) is 4.17. The molecule has 0 radical (unpaired) electrons. The van der Waals surface area contributed by atoms with Crippen LogP contribution in [0, 0.1) is 0 Å². The van der Waals surface area contributed by atoms with Crippen LogP contribution in [0.1, 0.15) is 0 Å². The first kappa shape index (κ1) is 6.61. The smallest absolute Gasteiger partial charge is 0.138 e. The van der Waals surface area contributed by atoms with E-state index in [9.17, 15) is 0 Å². The van der Waals surface area contributed by atoms with Crippen LogP contribution in [-0.2, 0) is 0 Å². The largest absolute Gasteiger partial charge is 0.495 e. The molecule has 1 aromatic carbocycles. The summed E-state index contributed by atoms with van der Waals surface area (Å²) < 4.78 is 6.28. The number of methoxy groups -OCH3 is 1. The van der Waals surface area contributed by atoms with E-state index in [2.05, 4.69) is 4.98 Å². The molecule has 1 aromatic heterocycles. The average Bonchev–Trinajstić information content (AvgIpc) is 2.50. The van der Waals surface area contributed by atoms with Crippen molar-refractivity contribution in [2.75, 3.05) is 7.11 Å². The first-order valence-electron chi connectivity index (χ1n) is 3.28. The molecule has 0 unspecified atom stereocenters. The second-order valence-electron chi connectivity index (χ2n) is 2.16. The Morgan fingerprint density at radius 1 is 1.45 bits per heavy atom. The molecule has 0 aliphatic heterocycles. The first-order chi connectivity index (χ1) is 5.42. The standard InChI is InChI=1S/C8H7NOS/c1-10-7-4-2-3-6-8(7)11-5-9-6/h2-5H,1H3. The highest BCUT2D eigenvalue weighted by Crippen LogP contribution is 2.27. The maximum Gasteiger partial charge on any atom is 0.138 e. The van der Waals surface area contributed by atoms with Gasteiger partial charge in [0.1, 0.15) is 5.75 Å². The van der Waals surface area contributed by atoms with Gasteiger partial charge in [-0.1, -0.05) is 6.07 Å². The third kappa shape index (κ3) is 0.973. The molecule has 0 amide bonds. The van der Waals surface area contributed by atoms with E-state index in [1.54, 1.807) is 18.4 Å². The summed E-state index contributed by atoms with van der Waals surface area (Å²) in [5.41, 5.74) is 2.84. The Balaban J connectivity index is 2.79. The minimum absolute atomic E-state index is 0.907.